The molecule has 3 atom stereocenters. The Hall–Kier alpha value is -3.43. The molecule has 180 valence electrons. The number of carbonyl (C=O) groups is 3. The molecule has 2 heterocycles. The fourth-order valence-corrected chi connectivity index (χ4v) is 5.54. The lowest BCUT2D eigenvalue weighted by molar-refractivity contribution is -0.131. The van der Waals surface area contributed by atoms with Crippen molar-refractivity contribution in [2.75, 3.05) is 6.61 Å². The number of ketones is 1. The summed E-state index contributed by atoms with van der Waals surface area (Å²) in [6, 6.07) is 14.3. The van der Waals surface area contributed by atoms with Crippen LogP contribution in [-0.4, -0.2) is 46.9 Å². The van der Waals surface area contributed by atoms with Gasteiger partial charge in [-0.2, -0.15) is 0 Å². The first kappa shape index (κ1) is 23.3. The molecule has 2 aliphatic rings. The topological polar surface area (TPSA) is 97.4 Å². The van der Waals surface area contributed by atoms with E-state index in [1.807, 2.05) is 30.3 Å². The van der Waals surface area contributed by atoms with Gasteiger partial charge in [0.15, 0.2) is 5.78 Å². The Morgan fingerprint density at radius 3 is 2.71 bits per heavy atom. The van der Waals surface area contributed by atoms with Gasteiger partial charge < -0.3 is 15.4 Å². The molecule has 7 nitrogen and oxygen atoms in total. The zero-order valence-corrected chi connectivity index (χ0v) is 19.6. The summed E-state index contributed by atoms with van der Waals surface area (Å²) >= 11 is 1.33. The Morgan fingerprint density at radius 1 is 1.17 bits per heavy atom. The van der Waals surface area contributed by atoms with Crippen LogP contribution in [0.2, 0.25) is 0 Å². The Labute approximate surface area is 205 Å². The summed E-state index contributed by atoms with van der Waals surface area (Å²) < 4.78 is 19.0. The van der Waals surface area contributed by atoms with Gasteiger partial charge in [0.1, 0.15) is 34.7 Å². The highest BCUT2D eigenvalue weighted by molar-refractivity contribution is 7.13. The first-order valence-corrected chi connectivity index (χ1v) is 12.4. The van der Waals surface area contributed by atoms with Gasteiger partial charge in [0, 0.05) is 17.4 Å². The SMILES string of the molecule is O=C(NC(Cc1ccc(F)cc1)C(=O)NC12CCCC1OCC2=O)c1csc(-c2ccccc2)n1. The summed E-state index contributed by atoms with van der Waals surface area (Å²) in [5, 5.41) is 8.01. The lowest BCUT2D eigenvalue weighted by Crippen LogP contribution is -2.60. The highest BCUT2D eigenvalue weighted by Crippen LogP contribution is 2.38. The van der Waals surface area contributed by atoms with E-state index in [4.69, 9.17) is 4.74 Å². The van der Waals surface area contributed by atoms with E-state index in [2.05, 4.69) is 15.6 Å². The maximum atomic E-state index is 13.4. The molecule has 2 amide bonds. The van der Waals surface area contributed by atoms with Crippen molar-refractivity contribution in [1.82, 2.24) is 15.6 Å². The normalized spacial score (nSPS) is 22.0. The summed E-state index contributed by atoms with van der Waals surface area (Å²) in [5.74, 6) is -1.52. The third-order valence-electron chi connectivity index (χ3n) is 6.58. The van der Waals surface area contributed by atoms with Crippen molar-refractivity contribution >= 4 is 28.9 Å². The number of thiazole rings is 1. The van der Waals surface area contributed by atoms with Crippen LogP contribution in [0.15, 0.2) is 60.0 Å². The summed E-state index contributed by atoms with van der Waals surface area (Å²) in [6.07, 6.45) is 1.75. The third kappa shape index (κ3) is 4.74. The Morgan fingerprint density at radius 2 is 1.94 bits per heavy atom. The van der Waals surface area contributed by atoms with Crippen LogP contribution in [0, 0.1) is 5.82 Å². The molecule has 35 heavy (non-hydrogen) atoms. The highest BCUT2D eigenvalue weighted by Gasteiger charge is 2.55. The van der Waals surface area contributed by atoms with Gasteiger partial charge in [-0.25, -0.2) is 9.37 Å². The molecule has 2 aromatic carbocycles. The second-order valence-corrected chi connectivity index (χ2v) is 9.69. The first-order valence-electron chi connectivity index (χ1n) is 11.5. The summed E-state index contributed by atoms with van der Waals surface area (Å²) in [5.41, 5.74) is 0.708. The molecule has 0 radical (unpaired) electrons. The highest BCUT2D eigenvalue weighted by atomic mass is 32.1. The number of nitrogens with one attached hydrogen (secondary N) is 2. The van der Waals surface area contributed by atoms with E-state index < -0.39 is 29.2 Å². The van der Waals surface area contributed by atoms with Gasteiger partial charge in [-0.1, -0.05) is 42.5 Å². The van der Waals surface area contributed by atoms with Crippen molar-refractivity contribution in [1.29, 1.82) is 0 Å². The van der Waals surface area contributed by atoms with E-state index in [1.54, 1.807) is 17.5 Å². The molecule has 2 N–H and O–H groups in total. The standard InChI is InChI=1S/C26H24FN3O4S/c27-18-10-8-16(9-11-18)13-19(24(33)30-26-12-4-7-22(26)34-14-21(26)31)28-23(32)20-15-35-25(29-20)17-5-2-1-3-6-17/h1-3,5-6,8-11,15,19,22H,4,7,12-14H2,(H,28,32)(H,30,33). The summed E-state index contributed by atoms with van der Waals surface area (Å²) in [7, 11) is 0. The lowest BCUT2D eigenvalue weighted by atomic mass is 9.91. The molecule has 9 heteroatoms. The quantitative estimate of drug-likeness (QED) is 0.527. The zero-order valence-electron chi connectivity index (χ0n) is 18.8. The maximum Gasteiger partial charge on any atom is 0.271 e. The second kappa shape index (κ2) is 9.67. The number of rotatable bonds is 7. The number of nitrogens with zero attached hydrogens (tertiary/aromatic N) is 1. The van der Waals surface area contributed by atoms with Crippen LogP contribution in [0.1, 0.15) is 35.3 Å². The van der Waals surface area contributed by atoms with Crippen molar-refractivity contribution in [3.05, 3.63) is 77.1 Å². The second-order valence-electron chi connectivity index (χ2n) is 8.84. The minimum absolute atomic E-state index is 0.0268. The van der Waals surface area contributed by atoms with E-state index in [0.29, 0.717) is 23.4 Å². The third-order valence-corrected chi connectivity index (χ3v) is 7.47. The molecular formula is C26H24FN3O4S. The van der Waals surface area contributed by atoms with Gasteiger partial charge >= 0.3 is 0 Å². The average molecular weight is 494 g/mol. The van der Waals surface area contributed by atoms with Crippen LogP contribution < -0.4 is 10.6 Å². The van der Waals surface area contributed by atoms with Crippen LogP contribution in [0.4, 0.5) is 4.39 Å². The van der Waals surface area contributed by atoms with E-state index in [9.17, 15) is 18.8 Å². The summed E-state index contributed by atoms with van der Waals surface area (Å²) in [4.78, 5) is 43.6. The number of Topliss-reactive ketones (excluding diaryl/α,β-unsaturated/α-hetero) is 1. The minimum Gasteiger partial charge on any atom is -0.367 e. The number of ether oxygens (including phenoxy) is 1. The van der Waals surface area contributed by atoms with Gasteiger partial charge in [-0.3, -0.25) is 14.4 Å². The van der Waals surface area contributed by atoms with Gasteiger partial charge in [0.2, 0.25) is 5.91 Å². The number of benzene rings is 2. The molecule has 2 fully saturated rings. The van der Waals surface area contributed by atoms with E-state index in [-0.39, 0.29) is 30.6 Å². The number of hydrogen-bond donors (Lipinski definition) is 2. The minimum atomic E-state index is -1.05. The summed E-state index contributed by atoms with van der Waals surface area (Å²) in [6.45, 7) is -0.0268. The fraction of sp³-hybridized carbons (Fsp3) is 0.308. The smallest absolute Gasteiger partial charge is 0.271 e. The maximum absolute atomic E-state index is 13.4. The first-order chi connectivity index (χ1) is 16.9. The van der Waals surface area contributed by atoms with Crippen molar-refractivity contribution in [2.24, 2.45) is 0 Å². The monoisotopic (exact) mass is 493 g/mol. The van der Waals surface area contributed by atoms with E-state index >= 15 is 0 Å². The average Bonchev–Trinajstić information content (AvgIpc) is 3.58. The molecule has 1 aliphatic heterocycles. The molecular weight excluding hydrogens is 469 g/mol. The number of fused-ring (bicyclic) bond motifs is 1. The van der Waals surface area contributed by atoms with Crippen LogP contribution in [0.5, 0.6) is 0 Å². The van der Waals surface area contributed by atoms with Crippen molar-refractivity contribution < 1.29 is 23.5 Å². The van der Waals surface area contributed by atoms with Crippen LogP contribution >= 0.6 is 11.3 Å². The van der Waals surface area contributed by atoms with Crippen molar-refractivity contribution in [3.63, 3.8) is 0 Å². The molecule has 0 bridgehead atoms. The van der Waals surface area contributed by atoms with Crippen molar-refractivity contribution in [2.45, 2.75) is 43.4 Å². The number of amides is 2. The van der Waals surface area contributed by atoms with Crippen molar-refractivity contribution in [3.8, 4) is 10.6 Å². The number of aromatic nitrogens is 1. The largest absolute Gasteiger partial charge is 0.367 e. The van der Waals surface area contributed by atoms with Gasteiger partial charge in [-0.05, 0) is 37.0 Å². The van der Waals surface area contributed by atoms with Crippen LogP contribution in [-0.2, 0) is 20.7 Å². The molecule has 1 saturated carbocycles. The van der Waals surface area contributed by atoms with E-state index in [0.717, 1.165) is 12.0 Å². The lowest BCUT2D eigenvalue weighted by Gasteiger charge is -2.30. The molecule has 0 spiro atoms. The molecule has 1 saturated heterocycles. The fourth-order valence-electron chi connectivity index (χ4n) is 4.73. The molecule has 1 aliphatic carbocycles. The van der Waals surface area contributed by atoms with Gasteiger partial charge in [0.05, 0.1) is 6.10 Å². The number of halogens is 1. The molecule has 3 aromatic rings. The Bertz CT molecular complexity index is 1250. The number of hydrogen-bond acceptors (Lipinski definition) is 6. The van der Waals surface area contributed by atoms with Gasteiger partial charge in [0.25, 0.3) is 5.91 Å². The molecule has 1 aromatic heterocycles. The Balaban J connectivity index is 1.36. The zero-order chi connectivity index (χ0) is 24.4. The predicted octanol–water partition coefficient (Wildman–Crippen LogP) is 3.30. The molecule has 3 unspecified atom stereocenters. The predicted molar refractivity (Wildman–Crippen MR) is 128 cm³/mol. The Kier molecular flexibility index (Phi) is 6.44. The van der Waals surface area contributed by atoms with E-state index in [1.165, 1.54) is 23.5 Å². The van der Waals surface area contributed by atoms with Crippen LogP contribution in [0.3, 0.4) is 0 Å². The van der Waals surface area contributed by atoms with Gasteiger partial charge in [-0.15, -0.1) is 11.3 Å². The molecule has 5 rings (SSSR count). The van der Waals surface area contributed by atoms with Crippen LogP contribution in [0.25, 0.3) is 10.6 Å². The number of carbonyl (C=O) groups excluding carboxylic acids is 3.